The average Bonchev–Trinajstić information content (AvgIpc) is 2.83. The van der Waals surface area contributed by atoms with Crippen LogP contribution in [0.4, 0.5) is 0 Å². The van der Waals surface area contributed by atoms with E-state index in [0.717, 1.165) is 6.42 Å². The molecule has 0 radical (unpaired) electrons. The van der Waals surface area contributed by atoms with Crippen molar-refractivity contribution in [1.82, 2.24) is 0 Å². The number of hydrogen-bond acceptors (Lipinski definition) is 6. The lowest BCUT2D eigenvalue weighted by Gasteiger charge is -2.27. The minimum atomic E-state index is -1.07. The van der Waals surface area contributed by atoms with Gasteiger partial charge >= 0.3 is 0 Å². The summed E-state index contributed by atoms with van der Waals surface area (Å²) >= 11 is 0. The molecule has 0 amide bonds. The lowest BCUT2D eigenvalue weighted by Crippen LogP contribution is -2.34. The van der Waals surface area contributed by atoms with Gasteiger partial charge in [-0.05, 0) is 41.0 Å². The van der Waals surface area contributed by atoms with Crippen molar-refractivity contribution < 1.29 is 18.7 Å². The standard InChI is InChI=1S/C28H40O6/c1-11-13(3)26-16(6)25(32)20(10)28(34-26)19(9)24(31)15(5)23(30)18(8)27-17(7)22(29)14(4)21(12-2)33-27/h13,15,18-19,23,30H,11-12H2,1-10H3/t13-,15?,18-,19+,23?/m1/s1. The van der Waals surface area contributed by atoms with E-state index >= 15 is 0 Å². The minimum absolute atomic E-state index is 0.0533. The lowest BCUT2D eigenvalue weighted by atomic mass is 9.82. The van der Waals surface area contributed by atoms with Crippen LogP contribution in [0.1, 0.15) is 111 Å². The van der Waals surface area contributed by atoms with Crippen molar-refractivity contribution in [2.24, 2.45) is 5.92 Å². The van der Waals surface area contributed by atoms with Crippen LogP contribution in [0, 0.1) is 33.6 Å². The van der Waals surface area contributed by atoms with Gasteiger partial charge in [-0.15, -0.1) is 0 Å². The second-order valence-electron chi connectivity index (χ2n) is 9.73. The molecule has 0 saturated carbocycles. The monoisotopic (exact) mass is 472 g/mol. The van der Waals surface area contributed by atoms with Crippen molar-refractivity contribution in [3.8, 4) is 0 Å². The van der Waals surface area contributed by atoms with Gasteiger partial charge in [0, 0.05) is 46.4 Å². The van der Waals surface area contributed by atoms with E-state index in [4.69, 9.17) is 8.83 Å². The highest BCUT2D eigenvalue weighted by Crippen LogP contribution is 2.32. The van der Waals surface area contributed by atoms with Gasteiger partial charge in [-0.1, -0.05) is 34.6 Å². The highest BCUT2D eigenvalue weighted by molar-refractivity contribution is 5.87. The van der Waals surface area contributed by atoms with E-state index in [-0.39, 0.29) is 22.6 Å². The molecule has 0 aliphatic rings. The van der Waals surface area contributed by atoms with E-state index in [1.165, 1.54) is 0 Å². The first-order valence-corrected chi connectivity index (χ1v) is 12.3. The van der Waals surface area contributed by atoms with Crippen LogP contribution in [-0.4, -0.2) is 17.0 Å². The van der Waals surface area contributed by atoms with Crippen LogP contribution in [0.15, 0.2) is 18.4 Å². The summed E-state index contributed by atoms with van der Waals surface area (Å²) < 4.78 is 12.1. The van der Waals surface area contributed by atoms with Crippen molar-refractivity contribution >= 4 is 5.78 Å². The summed E-state index contributed by atoms with van der Waals surface area (Å²) in [7, 11) is 0. The van der Waals surface area contributed by atoms with Gasteiger partial charge in [0.25, 0.3) is 0 Å². The first-order valence-electron chi connectivity index (χ1n) is 12.3. The molecular formula is C28H40O6. The summed E-state index contributed by atoms with van der Waals surface area (Å²) in [5, 5.41) is 11.1. The molecule has 6 nitrogen and oxygen atoms in total. The number of carbonyl (C=O) groups excluding carboxylic acids is 1. The Morgan fingerprint density at radius 2 is 1.29 bits per heavy atom. The molecule has 34 heavy (non-hydrogen) atoms. The molecule has 2 aromatic rings. The number of Topliss-reactive ketones (excluding diaryl/α,β-unsaturated/α-hetero) is 1. The Labute approximate surface area is 202 Å². The molecule has 0 fully saturated rings. The third-order valence-electron chi connectivity index (χ3n) is 7.43. The minimum Gasteiger partial charge on any atom is -0.465 e. The van der Waals surface area contributed by atoms with Crippen LogP contribution < -0.4 is 10.9 Å². The fraction of sp³-hybridized carbons (Fsp3) is 0.607. The number of aliphatic hydroxyl groups excluding tert-OH is 1. The first-order chi connectivity index (χ1) is 15.8. The van der Waals surface area contributed by atoms with Crippen LogP contribution >= 0.6 is 0 Å². The summed E-state index contributed by atoms with van der Waals surface area (Å²) in [6, 6.07) is 0. The zero-order chi connectivity index (χ0) is 26.1. The molecule has 0 saturated heterocycles. The molecule has 5 atom stereocenters. The molecule has 6 heteroatoms. The third-order valence-corrected chi connectivity index (χ3v) is 7.43. The van der Waals surface area contributed by atoms with Crippen LogP contribution in [0.25, 0.3) is 0 Å². The molecule has 2 unspecified atom stereocenters. The molecule has 1 N–H and O–H groups in total. The molecule has 2 aromatic heterocycles. The van der Waals surface area contributed by atoms with E-state index < -0.39 is 23.9 Å². The lowest BCUT2D eigenvalue weighted by molar-refractivity contribution is -0.127. The summed E-state index contributed by atoms with van der Waals surface area (Å²) in [5.41, 5.74) is 1.82. The Morgan fingerprint density at radius 3 is 1.82 bits per heavy atom. The van der Waals surface area contributed by atoms with E-state index in [0.29, 0.717) is 51.7 Å². The summed E-state index contributed by atoms with van der Waals surface area (Å²) in [6.07, 6.45) is 0.297. The third kappa shape index (κ3) is 4.97. The maximum atomic E-state index is 13.4. The van der Waals surface area contributed by atoms with Gasteiger partial charge in [0.05, 0.1) is 12.0 Å². The highest BCUT2D eigenvalue weighted by Gasteiger charge is 2.35. The zero-order valence-electron chi connectivity index (χ0n) is 22.3. The number of carbonyl (C=O) groups is 1. The predicted octanol–water partition coefficient (Wildman–Crippen LogP) is 5.38. The predicted molar refractivity (Wildman–Crippen MR) is 134 cm³/mol. The number of ketones is 1. The van der Waals surface area contributed by atoms with Crippen molar-refractivity contribution in [3.05, 3.63) is 65.7 Å². The van der Waals surface area contributed by atoms with Gasteiger partial charge in [0.1, 0.15) is 28.8 Å². The van der Waals surface area contributed by atoms with Crippen molar-refractivity contribution in [3.63, 3.8) is 0 Å². The van der Waals surface area contributed by atoms with E-state index in [1.54, 1.807) is 48.5 Å². The zero-order valence-corrected chi connectivity index (χ0v) is 22.3. The van der Waals surface area contributed by atoms with E-state index in [1.807, 2.05) is 20.8 Å². The Kier molecular flexibility index (Phi) is 8.86. The van der Waals surface area contributed by atoms with Crippen molar-refractivity contribution in [1.29, 1.82) is 0 Å². The Balaban J connectivity index is 2.43. The molecular weight excluding hydrogens is 432 g/mol. The largest absolute Gasteiger partial charge is 0.465 e. The summed E-state index contributed by atoms with van der Waals surface area (Å²) in [4.78, 5) is 38.9. The smallest absolute Gasteiger partial charge is 0.191 e. The Morgan fingerprint density at radius 1 is 0.794 bits per heavy atom. The molecule has 2 rings (SSSR count). The van der Waals surface area contributed by atoms with Crippen molar-refractivity contribution in [2.45, 2.75) is 106 Å². The molecule has 0 spiro atoms. The normalized spacial score (nSPS) is 16.1. The van der Waals surface area contributed by atoms with Gasteiger partial charge < -0.3 is 13.9 Å². The van der Waals surface area contributed by atoms with Crippen LogP contribution in [-0.2, 0) is 11.2 Å². The summed E-state index contributed by atoms with van der Waals surface area (Å²) in [5.74, 6) is -0.246. The van der Waals surface area contributed by atoms with Gasteiger partial charge in [-0.25, -0.2) is 0 Å². The molecule has 0 aromatic carbocycles. The maximum absolute atomic E-state index is 13.4. The van der Waals surface area contributed by atoms with Crippen LogP contribution in [0.5, 0.6) is 0 Å². The molecule has 188 valence electrons. The fourth-order valence-corrected chi connectivity index (χ4v) is 4.70. The topological polar surface area (TPSA) is 97.7 Å². The number of aliphatic hydroxyl groups is 1. The Bertz CT molecular complexity index is 1170. The molecule has 0 aliphatic heterocycles. The first kappa shape index (κ1) is 27.8. The van der Waals surface area contributed by atoms with Crippen LogP contribution in [0.2, 0.25) is 0 Å². The Hall–Kier alpha value is -2.47. The molecule has 0 aliphatic carbocycles. The number of aryl methyl sites for hydroxylation is 1. The van der Waals surface area contributed by atoms with Gasteiger partial charge in [0.15, 0.2) is 10.9 Å². The van der Waals surface area contributed by atoms with Crippen molar-refractivity contribution in [2.75, 3.05) is 0 Å². The summed E-state index contributed by atoms with van der Waals surface area (Å²) in [6.45, 7) is 17.9. The highest BCUT2D eigenvalue weighted by atomic mass is 16.3. The average molecular weight is 473 g/mol. The number of rotatable bonds is 9. The second kappa shape index (κ2) is 10.9. The van der Waals surface area contributed by atoms with E-state index in [2.05, 4.69) is 0 Å². The second-order valence-corrected chi connectivity index (χ2v) is 9.73. The molecule has 2 heterocycles. The quantitative estimate of drug-likeness (QED) is 0.526. The van der Waals surface area contributed by atoms with Crippen LogP contribution in [0.3, 0.4) is 0 Å². The molecule has 0 bridgehead atoms. The maximum Gasteiger partial charge on any atom is 0.191 e. The van der Waals surface area contributed by atoms with E-state index in [9.17, 15) is 19.5 Å². The van der Waals surface area contributed by atoms with Gasteiger partial charge in [-0.2, -0.15) is 0 Å². The van der Waals surface area contributed by atoms with Gasteiger partial charge in [-0.3, -0.25) is 14.4 Å². The SMILES string of the molecule is CCc1oc([C@H](C)C(O)C(C)C(=O)[C@H](C)c2oc([C@H](C)CC)c(C)c(=O)c2C)c(C)c(=O)c1C. The number of hydrogen-bond donors (Lipinski definition) is 1. The fourth-order valence-electron chi connectivity index (χ4n) is 4.70. The van der Waals surface area contributed by atoms with Gasteiger partial charge in [0.2, 0.25) is 0 Å².